The Morgan fingerprint density at radius 3 is 2.44 bits per heavy atom. The van der Waals surface area contributed by atoms with Crippen LogP contribution in [0.2, 0.25) is 0 Å². The minimum atomic E-state index is -1.54. The summed E-state index contributed by atoms with van der Waals surface area (Å²) in [6.07, 6.45) is 2.97. The number of ether oxygens (including phenoxy) is 2. The Kier molecular flexibility index (Phi) is 7.13. The number of hydrogen-bond acceptors (Lipinski definition) is 7. The fourth-order valence-electron chi connectivity index (χ4n) is 3.81. The van der Waals surface area contributed by atoms with Gasteiger partial charge in [0.15, 0.2) is 11.4 Å². The molecule has 3 heterocycles. The molecule has 0 unspecified atom stereocenters. The first-order valence-electron chi connectivity index (χ1n) is 10.9. The second-order valence-corrected chi connectivity index (χ2v) is 8.04. The summed E-state index contributed by atoms with van der Waals surface area (Å²) >= 11 is 0. The maximum absolute atomic E-state index is 14.0. The van der Waals surface area contributed by atoms with Crippen molar-refractivity contribution >= 4 is 11.6 Å². The Bertz CT molecular complexity index is 1370. The van der Waals surface area contributed by atoms with Gasteiger partial charge in [-0.1, -0.05) is 6.07 Å². The number of fused-ring (bicyclic) bond motifs is 1. The molecule has 4 rings (SSSR count). The lowest BCUT2D eigenvalue weighted by molar-refractivity contribution is 0.0651. The highest BCUT2D eigenvalue weighted by atomic mass is 19.1. The molecular weight excluding hydrogens is 474 g/mol. The molecule has 0 aliphatic carbocycles. The van der Waals surface area contributed by atoms with Crippen molar-refractivity contribution in [2.75, 3.05) is 20.3 Å². The Balaban J connectivity index is 1.65. The van der Waals surface area contributed by atoms with E-state index < -0.39 is 36.3 Å². The van der Waals surface area contributed by atoms with Crippen LogP contribution in [0.15, 0.2) is 54.9 Å². The van der Waals surface area contributed by atoms with Crippen molar-refractivity contribution in [1.82, 2.24) is 19.7 Å². The molecule has 0 aliphatic heterocycles. The van der Waals surface area contributed by atoms with Crippen LogP contribution in [0.4, 0.5) is 8.78 Å². The molecule has 0 saturated carbocycles. The number of aryl methyl sites for hydroxylation is 1. The van der Waals surface area contributed by atoms with Crippen LogP contribution < -0.4 is 14.8 Å². The molecule has 188 valence electrons. The van der Waals surface area contributed by atoms with E-state index in [0.29, 0.717) is 17.1 Å². The number of imidazole rings is 1. The first kappa shape index (κ1) is 25.0. The van der Waals surface area contributed by atoms with E-state index in [0.717, 1.165) is 12.1 Å². The SMILES string of the molecule is COc1ccc(C(CO)(CO)NC(=O)c2c(C)nc3c(OCc4c(F)cccc4F)cccn23)cn1. The lowest BCUT2D eigenvalue weighted by Crippen LogP contribution is -2.52. The molecule has 0 atom stereocenters. The third-order valence-corrected chi connectivity index (χ3v) is 5.83. The zero-order valence-corrected chi connectivity index (χ0v) is 19.5. The maximum Gasteiger partial charge on any atom is 0.271 e. The predicted octanol–water partition coefficient (Wildman–Crippen LogP) is 2.51. The number of nitrogens with zero attached hydrogens (tertiary/aromatic N) is 3. The molecule has 3 N–H and O–H groups in total. The van der Waals surface area contributed by atoms with E-state index in [1.807, 2.05) is 0 Å². The van der Waals surface area contributed by atoms with Crippen molar-refractivity contribution in [2.45, 2.75) is 19.1 Å². The molecule has 3 aromatic heterocycles. The Morgan fingerprint density at radius 1 is 1.11 bits per heavy atom. The van der Waals surface area contributed by atoms with Crippen molar-refractivity contribution < 1.29 is 33.3 Å². The van der Waals surface area contributed by atoms with Crippen molar-refractivity contribution in [3.63, 3.8) is 0 Å². The molecule has 0 spiro atoms. The van der Waals surface area contributed by atoms with Gasteiger partial charge in [-0.3, -0.25) is 9.20 Å². The van der Waals surface area contributed by atoms with Crippen molar-refractivity contribution in [1.29, 1.82) is 0 Å². The van der Waals surface area contributed by atoms with Crippen LogP contribution >= 0.6 is 0 Å². The lowest BCUT2D eigenvalue weighted by atomic mass is 9.92. The Hall–Kier alpha value is -4.09. The van der Waals surface area contributed by atoms with E-state index >= 15 is 0 Å². The van der Waals surface area contributed by atoms with Crippen molar-refractivity contribution in [3.8, 4) is 11.6 Å². The molecule has 11 heteroatoms. The summed E-state index contributed by atoms with van der Waals surface area (Å²) < 4.78 is 40.2. The molecule has 1 aromatic carbocycles. The molecular formula is C25H24F2N4O5. The van der Waals surface area contributed by atoms with Crippen LogP contribution in [0, 0.1) is 18.6 Å². The lowest BCUT2D eigenvalue weighted by Gasteiger charge is -2.31. The topological polar surface area (TPSA) is 118 Å². The molecule has 4 aromatic rings. The van der Waals surface area contributed by atoms with Gasteiger partial charge < -0.3 is 25.0 Å². The van der Waals surface area contributed by atoms with E-state index in [-0.39, 0.29) is 29.3 Å². The highest BCUT2D eigenvalue weighted by Gasteiger charge is 2.35. The molecule has 0 saturated heterocycles. The second-order valence-electron chi connectivity index (χ2n) is 8.04. The monoisotopic (exact) mass is 498 g/mol. The van der Waals surface area contributed by atoms with Crippen LogP contribution in [-0.4, -0.2) is 50.8 Å². The third-order valence-electron chi connectivity index (χ3n) is 5.83. The van der Waals surface area contributed by atoms with Gasteiger partial charge in [0, 0.05) is 24.0 Å². The molecule has 1 amide bonds. The Labute approximate surface area is 205 Å². The van der Waals surface area contributed by atoms with Gasteiger partial charge in [0.2, 0.25) is 5.88 Å². The summed E-state index contributed by atoms with van der Waals surface area (Å²) in [4.78, 5) is 21.9. The molecule has 36 heavy (non-hydrogen) atoms. The number of rotatable bonds is 9. The van der Waals surface area contributed by atoms with Gasteiger partial charge in [-0.2, -0.15) is 0 Å². The predicted molar refractivity (Wildman–Crippen MR) is 125 cm³/mol. The van der Waals surface area contributed by atoms with Gasteiger partial charge in [-0.25, -0.2) is 18.7 Å². The summed E-state index contributed by atoms with van der Waals surface area (Å²) in [5, 5.41) is 22.9. The number of amides is 1. The summed E-state index contributed by atoms with van der Waals surface area (Å²) in [5.41, 5.74) is -0.697. The highest BCUT2D eigenvalue weighted by Crippen LogP contribution is 2.26. The summed E-state index contributed by atoms with van der Waals surface area (Å²) in [6.45, 7) is 0.00809. The summed E-state index contributed by atoms with van der Waals surface area (Å²) in [6, 6.07) is 9.82. The van der Waals surface area contributed by atoms with Crippen LogP contribution in [0.3, 0.4) is 0 Å². The smallest absolute Gasteiger partial charge is 0.271 e. The van der Waals surface area contributed by atoms with E-state index in [1.165, 1.54) is 23.8 Å². The zero-order valence-electron chi connectivity index (χ0n) is 19.5. The van der Waals surface area contributed by atoms with Gasteiger partial charge in [-0.15, -0.1) is 0 Å². The maximum atomic E-state index is 14.0. The van der Waals surface area contributed by atoms with Crippen molar-refractivity contribution in [2.24, 2.45) is 0 Å². The highest BCUT2D eigenvalue weighted by molar-refractivity contribution is 5.95. The number of carbonyl (C=O) groups is 1. The van der Waals surface area contributed by atoms with Gasteiger partial charge in [0.25, 0.3) is 5.91 Å². The zero-order chi connectivity index (χ0) is 25.9. The number of aliphatic hydroxyl groups is 2. The van der Waals surface area contributed by atoms with E-state index in [4.69, 9.17) is 9.47 Å². The number of nitrogens with one attached hydrogen (secondary N) is 1. The quantitative estimate of drug-likeness (QED) is 0.325. The number of aromatic nitrogens is 3. The number of benzene rings is 1. The standard InChI is InChI=1S/C25H24F2N4O5/c1-15-22(24(34)30-25(13-32,14-33)16-8-9-21(35-2)28-11-16)31-10-4-7-20(23(31)29-15)36-12-17-18(26)5-3-6-19(17)27/h3-11,32-33H,12-14H2,1-2H3,(H,30,34). The Morgan fingerprint density at radius 2 is 1.83 bits per heavy atom. The van der Waals surface area contributed by atoms with Crippen molar-refractivity contribution in [3.05, 3.63) is 89.0 Å². The molecule has 0 bridgehead atoms. The number of hydrogen-bond donors (Lipinski definition) is 3. The number of pyridine rings is 2. The summed E-state index contributed by atoms with van der Waals surface area (Å²) in [7, 11) is 1.45. The minimum absolute atomic E-state index is 0.125. The first-order valence-corrected chi connectivity index (χ1v) is 10.9. The van der Waals surface area contributed by atoms with E-state index in [2.05, 4.69) is 15.3 Å². The van der Waals surface area contributed by atoms with Crippen LogP contribution in [0.1, 0.15) is 27.3 Å². The van der Waals surface area contributed by atoms with E-state index in [9.17, 15) is 23.8 Å². The normalized spacial score (nSPS) is 11.5. The molecule has 9 nitrogen and oxygen atoms in total. The average Bonchev–Trinajstić information content (AvgIpc) is 3.23. The van der Waals surface area contributed by atoms with Gasteiger partial charge in [0.1, 0.15) is 29.5 Å². The molecule has 0 radical (unpaired) electrons. The van der Waals surface area contributed by atoms with Gasteiger partial charge >= 0.3 is 0 Å². The van der Waals surface area contributed by atoms with Gasteiger partial charge in [-0.05, 0) is 37.3 Å². The second kappa shape index (κ2) is 10.3. The number of aliphatic hydroxyl groups excluding tert-OH is 2. The van der Waals surface area contributed by atoms with Crippen LogP contribution in [0.5, 0.6) is 11.6 Å². The van der Waals surface area contributed by atoms with Crippen LogP contribution in [0.25, 0.3) is 5.65 Å². The fraction of sp³-hybridized carbons (Fsp3) is 0.240. The molecule has 0 aliphatic rings. The van der Waals surface area contributed by atoms with Gasteiger partial charge in [0.05, 0.1) is 31.6 Å². The third kappa shape index (κ3) is 4.58. The van der Waals surface area contributed by atoms with Crippen LogP contribution in [-0.2, 0) is 12.1 Å². The summed E-state index contributed by atoms with van der Waals surface area (Å²) in [5.74, 6) is -1.57. The van der Waals surface area contributed by atoms with E-state index in [1.54, 1.807) is 37.4 Å². The fourth-order valence-corrected chi connectivity index (χ4v) is 3.81. The first-order chi connectivity index (χ1) is 17.3. The number of methoxy groups -OCH3 is 1. The number of halogens is 2. The largest absolute Gasteiger partial charge is 0.485 e. The average molecular weight is 498 g/mol. The number of carbonyl (C=O) groups excluding carboxylic acids is 1. The minimum Gasteiger partial charge on any atom is -0.485 e. The molecule has 0 fully saturated rings.